The lowest BCUT2D eigenvalue weighted by Crippen LogP contribution is -2.51. The van der Waals surface area contributed by atoms with Crippen LogP contribution in [0.5, 0.6) is 5.75 Å². The standard InChI is InChI=1S/C34H45N3O5/c1-6-7-8-9-10-13-21-37(32(40)24(2)35-33(41)42-34(3,4)5)30(27-17-14-18-29(38)23-27)31(39)36-28-20-19-25-15-11-12-16-26(25)22-28/h11-12,14-20,22-24,30,38H,6-10,13,21H2,1-5H3,(H,35,41)(H,36,39). The summed E-state index contributed by atoms with van der Waals surface area (Å²) in [5, 5.41) is 17.9. The third-order valence-corrected chi connectivity index (χ3v) is 6.90. The Morgan fingerprint density at radius 1 is 0.881 bits per heavy atom. The molecule has 3 aromatic rings. The molecule has 0 radical (unpaired) electrons. The molecular weight excluding hydrogens is 530 g/mol. The fourth-order valence-electron chi connectivity index (χ4n) is 4.87. The molecule has 3 aromatic carbocycles. The smallest absolute Gasteiger partial charge is 0.408 e. The summed E-state index contributed by atoms with van der Waals surface area (Å²) in [6.07, 6.45) is 5.30. The molecule has 0 aromatic heterocycles. The van der Waals surface area contributed by atoms with Gasteiger partial charge in [-0.1, -0.05) is 81.5 Å². The van der Waals surface area contributed by atoms with E-state index in [9.17, 15) is 19.5 Å². The highest BCUT2D eigenvalue weighted by Crippen LogP contribution is 2.28. The number of carbonyl (C=O) groups is 3. The van der Waals surface area contributed by atoms with Gasteiger partial charge >= 0.3 is 6.09 Å². The van der Waals surface area contributed by atoms with Crippen LogP contribution in [0.3, 0.4) is 0 Å². The SMILES string of the molecule is CCCCCCCCN(C(=O)C(C)NC(=O)OC(C)(C)C)C(C(=O)Nc1ccc2ccccc2c1)c1cccc(O)c1. The van der Waals surface area contributed by atoms with E-state index in [4.69, 9.17) is 4.74 Å². The first kappa shape index (κ1) is 32.4. The normalized spacial score (nSPS) is 12.8. The molecule has 0 aliphatic carbocycles. The predicted molar refractivity (Wildman–Crippen MR) is 167 cm³/mol. The molecular formula is C34H45N3O5. The third kappa shape index (κ3) is 9.79. The predicted octanol–water partition coefficient (Wildman–Crippen LogP) is 7.33. The highest BCUT2D eigenvalue weighted by molar-refractivity contribution is 6.00. The van der Waals surface area contributed by atoms with Gasteiger partial charge in [-0.05, 0) is 74.7 Å². The summed E-state index contributed by atoms with van der Waals surface area (Å²) in [6.45, 7) is 9.29. The minimum Gasteiger partial charge on any atom is -0.508 e. The molecule has 2 atom stereocenters. The van der Waals surface area contributed by atoms with E-state index in [0.29, 0.717) is 24.2 Å². The quantitative estimate of drug-likeness (QED) is 0.185. The van der Waals surface area contributed by atoms with Crippen molar-refractivity contribution in [1.82, 2.24) is 10.2 Å². The van der Waals surface area contributed by atoms with Gasteiger partial charge in [-0.15, -0.1) is 0 Å². The molecule has 42 heavy (non-hydrogen) atoms. The lowest BCUT2D eigenvalue weighted by Gasteiger charge is -2.34. The van der Waals surface area contributed by atoms with E-state index in [1.54, 1.807) is 39.8 Å². The summed E-state index contributed by atoms with van der Waals surface area (Å²) in [5.74, 6) is -0.848. The van der Waals surface area contributed by atoms with Gasteiger partial charge < -0.3 is 25.4 Å². The van der Waals surface area contributed by atoms with Crippen molar-refractivity contribution < 1.29 is 24.2 Å². The minimum atomic E-state index is -1.05. The molecule has 0 fully saturated rings. The van der Waals surface area contributed by atoms with E-state index in [0.717, 1.165) is 42.9 Å². The third-order valence-electron chi connectivity index (χ3n) is 6.90. The number of fused-ring (bicyclic) bond motifs is 1. The second-order valence-corrected chi connectivity index (χ2v) is 11.7. The Labute approximate surface area is 249 Å². The number of amides is 3. The average molecular weight is 576 g/mol. The summed E-state index contributed by atoms with van der Waals surface area (Å²) in [7, 11) is 0. The lowest BCUT2D eigenvalue weighted by atomic mass is 10.0. The van der Waals surface area contributed by atoms with Crippen LogP contribution in [0.1, 0.15) is 84.7 Å². The molecule has 8 heteroatoms. The van der Waals surface area contributed by atoms with Crippen LogP contribution in [0.15, 0.2) is 66.7 Å². The first-order valence-electron chi connectivity index (χ1n) is 14.9. The van der Waals surface area contributed by atoms with Gasteiger partial charge in [0.1, 0.15) is 23.4 Å². The maximum Gasteiger partial charge on any atom is 0.408 e. The second kappa shape index (κ2) is 15.2. The van der Waals surface area contributed by atoms with E-state index in [1.165, 1.54) is 17.0 Å². The number of rotatable bonds is 13. The Morgan fingerprint density at radius 3 is 2.26 bits per heavy atom. The number of aromatic hydroxyl groups is 1. The van der Waals surface area contributed by atoms with Gasteiger partial charge in [0.15, 0.2) is 0 Å². The van der Waals surface area contributed by atoms with Crippen molar-refractivity contribution in [1.29, 1.82) is 0 Å². The molecule has 2 unspecified atom stereocenters. The zero-order valence-electron chi connectivity index (χ0n) is 25.5. The Balaban J connectivity index is 1.93. The van der Waals surface area contributed by atoms with Crippen molar-refractivity contribution in [2.45, 2.75) is 90.8 Å². The van der Waals surface area contributed by atoms with E-state index < -0.39 is 35.6 Å². The van der Waals surface area contributed by atoms with Gasteiger partial charge in [-0.25, -0.2) is 4.79 Å². The van der Waals surface area contributed by atoms with Crippen molar-refractivity contribution in [2.75, 3.05) is 11.9 Å². The number of alkyl carbamates (subject to hydrolysis) is 1. The first-order chi connectivity index (χ1) is 20.0. The summed E-state index contributed by atoms with van der Waals surface area (Å²) in [5.41, 5.74) is 0.335. The van der Waals surface area contributed by atoms with Crippen molar-refractivity contribution in [3.8, 4) is 5.75 Å². The fraction of sp³-hybridized carbons (Fsp3) is 0.441. The van der Waals surface area contributed by atoms with Crippen molar-refractivity contribution in [3.05, 3.63) is 72.3 Å². The van der Waals surface area contributed by atoms with E-state index in [-0.39, 0.29) is 5.75 Å². The first-order valence-corrected chi connectivity index (χ1v) is 14.9. The monoisotopic (exact) mass is 575 g/mol. The molecule has 0 bridgehead atoms. The molecule has 0 spiro atoms. The molecule has 3 rings (SSSR count). The Morgan fingerprint density at radius 2 is 1.57 bits per heavy atom. The number of hydrogen-bond acceptors (Lipinski definition) is 5. The summed E-state index contributed by atoms with van der Waals surface area (Å²) in [4.78, 5) is 42.0. The topological polar surface area (TPSA) is 108 Å². The van der Waals surface area contributed by atoms with E-state index in [2.05, 4.69) is 17.6 Å². The van der Waals surface area contributed by atoms with E-state index >= 15 is 0 Å². The highest BCUT2D eigenvalue weighted by atomic mass is 16.6. The van der Waals surface area contributed by atoms with Gasteiger partial charge in [0.2, 0.25) is 5.91 Å². The van der Waals surface area contributed by atoms with Crippen molar-refractivity contribution >= 4 is 34.4 Å². The summed E-state index contributed by atoms with van der Waals surface area (Å²) >= 11 is 0. The number of unbranched alkanes of at least 4 members (excludes halogenated alkanes) is 5. The summed E-state index contributed by atoms with van der Waals surface area (Å²) in [6, 6.07) is 17.9. The number of phenolic OH excluding ortho intramolecular Hbond substituents is 1. The molecule has 8 nitrogen and oxygen atoms in total. The van der Waals surface area contributed by atoms with Crippen molar-refractivity contribution in [3.63, 3.8) is 0 Å². The van der Waals surface area contributed by atoms with Crippen LogP contribution in [0.4, 0.5) is 10.5 Å². The van der Waals surface area contributed by atoms with Gasteiger partial charge in [-0.3, -0.25) is 9.59 Å². The number of ether oxygens (including phenoxy) is 1. The Bertz CT molecular complexity index is 1350. The number of nitrogens with zero attached hydrogens (tertiary/aromatic N) is 1. The van der Waals surface area contributed by atoms with Crippen LogP contribution in [0.2, 0.25) is 0 Å². The number of carbonyl (C=O) groups excluding carboxylic acids is 3. The number of anilines is 1. The number of phenols is 1. The summed E-state index contributed by atoms with van der Waals surface area (Å²) < 4.78 is 5.36. The maximum absolute atomic E-state index is 14.0. The Hall–Kier alpha value is -4.07. The lowest BCUT2D eigenvalue weighted by molar-refractivity contribution is -0.140. The molecule has 0 saturated carbocycles. The molecule has 0 heterocycles. The molecule has 0 saturated heterocycles. The van der Waals surface area contributed by atoms with Crippen LogP contribution < -0.4 is 10.6 Å². The van der Waals surface area contributed by atoms with E-state index in [1.807, 2.05) is 42.5 Å². The van der Waals surface area contributed by atoms with Crippen LogP contribution in [-0.4, -0.2) is 46.1 Å². The molecule has 3 N–H and O–H groups in total. The maximum atomic E-state index is 14.0. The van der Waals surface area contributed by atoms with Gasteiger partial charge in [0.25, 0.3) is 5.91 Å². The largest absolute Gasteiger partial charge is 0.508 e. The second-order valence-electron chi connectivity index (χ2n) is 11.7. The van der Waals surface area contributed by atoms with Crippen LogP contribution in [0.25, 0.3) is 10.8 Å². The molecule has 226 valence electrons. The van der Waals surface area contributed by atoms with Crippen molar-refractivity contribution in [2.24, 2.45) is 0 Å². The number of benzene rings is 3. The zero-order valence-corrected chi connectivity index (χ0v) is 25.5. The van der Waals surface area contributed by atoms with Gasteiger partial charge in [0.05, 0.1) is 0 Å². The van der Waals surface area contributed by atoms with Crippen LogP contribution >= 0.6 is 0 Å². The zero-order chi connectivity index (χ0) is 30.7. The minimum absolute atomic E-state index is 0.0112. The number of hydrogen-bond donors (Lipinski definition) is 3. The van der Waals surface area contributed by atoms with Crippen LogP contribution in [-0.2, 0) is 14.3 Å². The molecule has 0 aliphatic heterocycles. The average Bonchev–Trinajstić information content (AvgIpc) is 2.92. The number of nitrogens with one attached hydrogen (secondary N) is 2. The molecule has 0 aliphatic rings. The highest BCUT2D eigenvalue weighted by Gasteiger charge is 2.34. The molecule has 3 amide bonds. The van der Waals surface area contributed by atoms with Crippen LogP contribution in [0, 0.1) is 0 Å². The Kier molecular flexibility index (Phi) is 11.8. The van der Waals surface area contributed by atoms with Gasteiger partial charge in [-0.2, -0.15) is 0 Å². The van der Waals surface area contributed by atoms with Gasteiger partial charge in [0, 0.05) is 12.2 Å². The fourth-order valence-corrected chi connectivity index (χ4v) is 4.87.